The molecule has 0 saturated heterocycles. The first kappa shape index (κ1) is 14.2. The van der Waals surface area contributed by atoms with Crippen molar-refractivity contribution < 1.29 is 4.39 Å². The van der Waals surface area contributed by atoms with E-state index >= 15 is 0 Å². The van der Waals surface area contributed by atoms with Gasteiger partial charge in [-0.1, -0.05) is 26.3 Å². The molecule has 17 heavy (non-hydrogen) atoms. The Morgan fingerprint density at radius 1 is 1.29 bits per heavy atom. The number of hydrogen-bond acceptors (Lipinski definition) is 1. The third kappa shape index (κ3) is 3.29. The summed E-state index contributed by atoms with van der Waals surface area (Å²) in [5.74, 6) is 0.366. The summed E-state index contributed by atoms with van der Waals surface area (Å²) in [7, 11) is 1.91. The summed E-state index contributed by atoms with van der Waals surface area (Å²) in [6.45, 7) is 8.28. The lowest BCUT2D eigenvalue weighted by molar-refractivity contribution is 0.371. The third-order valence-electron chi connectivity index (χ3n) is 3.42. The van der Waals surface area contributed by atoms with Crippen LogP contribution in [0.5, 0.6) is 0 Å². The molecule has 2 unspecified atom stereocenters. The molecular formula is C15H24FN. The van der Waals surface area contributed by atoms with Gasteiger partial charge in [-0.25, -0.2) is 4.39 Å². The van der Waals surface area contributed by atoms with Crippen LogP contribution in [0.2, 0.25) is 0 Å². The summed E-state index contributed by atoms with van der Waals surface area (Å²) >= 11 is 0. The smallest absolute Gasteiger partial charge is 0.128 e. The van der Waals surface area contributed by atoms with Gasteiger partial charge in [-0.2, -0.15) is 0 Å². The average molecular weight is 237 g/mol. The molecule has 0 aliphatic heterocycles. The maximum atomic E-state index is 14.1. The molecule has 1 aromatic rings. The second kappa shape index (κ2) is 6.15. The fourth-order valence-corrected chi connectivity index (χ4v) is 2.66. The van der Waals surface area contributed by atoms with Gasteiger partial charge in [-0.3, -0.25) is 0 Å². The normalized spacial score (nSPS) is 14.7. The zero-order valence-corrected chi connectivity index (χ0v) is 11.6. The summed E-state index contributed by atoms with van der Waals surface area (Å²) in [6.07, 6.45) is 2.24. The van der Waals surface area contributed by atoms with E-state index in [1.165, 1.54) is 0 Å². The van der Waals surface area contributed by atoms with Gasteiger partial charge < -0.3 is 5.32 Å². The van der Waals surface area contributed by atoms with E-state index in [1.54, 1.807) is 6.07 Å². The van der Waals surface area contributed by atoms with Crippen LogP contribution in [0.25, 0.3) is 0 Å². The summed E-state index contributed by atoms with van der Waals surface area (Å²) < 4.78 is 14.1. The Morgan fingerprint density at radius 2 is 1.94 bits per heavy atom. The molecule has 2 heteroatoms. The first-order valence-corrected chi connectivity index (χ1v) is 6.45. The van der Waals surface area contributed by atoms with Crippen molar-refractivity contribution in [1.29, 1.82) is 0 Å². The van der Waals surface area contributed by atoms with E-state index in [-0.39, 0.29) is 11.9 Å². The molecule has 0 aliphatic carbocycles. The lowest BCUT2D eigenvalue weighted by Crippen LogP contribution is -2.25. The number of halogens is 1. The van der Waals surface area contributed by atoms with E-state index in [1.807, 2.05) is 20.9 Å². The van der Waals surface area contributed by atoms with Gasteiger partial charge in [-0.15, -0.1) is 0 Å². The van der Waals surface area contributed by atoms with Crippen LogP contribution in [0.15, 0.2) is 12.1 Å². The second-order valence-corrected chi connectivity index (χ2v) is 5.01. The van der Waals surface area contributed by atoms with Crippen molar-refractivity contribution in [3.63, 3.8) is 0 Å². The van der Waals surface area contributed by atoms with Gasteiger partial charge in [0.15, 0.2) is 0 Å². The topological polar surface area (TPSA) is 12.0 Å². The Labute approximate surface area is 104 Å². The molecule has 0 bridgehead atoms. The lowest BCUT2D eigenvalue weighted by Gasteiger charge is -2.26. The molecule has 0 saturated carbocycles. The van der Waals surface area contributed by atoms with Crippen LogP contribution in [-0.2, 0) is 0 Å². The second-order valence-electron chi connectivity index (χ2n) is 5.01. The van der Waals surface area contributed by atoms with E-state index < -0.39 is 0 Å². The zero-order valence-electron chi connectivity index (χ0n) is 11.6. The van der Waals surface area contributed by atoms with Gasteiger partial charge in [0.05, 0.1) is 0 Å². The van der Waals surface area contributed by atoms with Crippen molar-refractivity contribution in [2.45, 2.75) is 46.6 Å². The Morgan fingerprint density at radius 3 is 2.41 bits per heavy atom. The van der Waals surface area contributed by atoms with Crippen LogP contribution in [0.4, 0.5) is 4.39 Å². The summed E-state index contributed by atoms with van der Waals surface area (Å²) in [5, 5.41) is 3.26. The molecule has 96 valence electrons. The highest BCUT2D eigenvalue weighted by Gasteiger charge is 2.22. The largest absolute Gasteiger partial charge is 0.313 e. The molecule has 0 aliphatic rings. The molecule has 1 N–H and O–H groups in total. The molecule has 0 radical (unpaired) electrons. The molecule has 1 rings (SSSR count). The summed E-state index contributed by atoms with van der Waals surface area (Å²) in [6, 6.07) is 3.79. The first-order chi connectivity index (χ1) is 8.01. The van der Waals surface area contributed by atoms with Crippen molar-refractivity contribution >= 4 is 0 Å². The maximum absolute atomic E-state index is 14.1. The van der Waals surface area contributed by atoms with Crippen LogP contribution in [0.1, 0.15) is 49.4 Å². The highest BCUT2D eigenvalue weighted by molar-refractivity contribution is 5.34. The summed E-state index contributed by atoms with van der Waals surface area (Å²) in [5.41, 5.74) is 2.87. The molecule has 0 aromatic heterocycles. The lowest BCUT2D eigenvalue weighted by atomic mass is 9.88. The average Bonchev–Trinajstić information content (AvgIpc) is 2.23. The quantitative estimate of drug-likeness (QED) is 0.811. The molecule has 0 amide bonds. The molecule has 1 aromatic carbocycles. The third-order valence-corrected chi connectivity index (χ3v) is 3.42. The van der Waals surface area contributed by atoms with Crippen LogP contribution < -0.4 is 5.32 Å². The molecule has 0 heterocycles. The number of nitrogens with one attached hydrogen (secondary N) is 1. The fourth-order valence-electron chi connectivity index (χ4n) is 2.66. The number of rotatable bonds is 5. The summed E-state index contributed by atoms with van der Waals surface area (Å²) in [4.78, 5) is 0. The van der Waals surface area contributed by atoms with Crippen LogP contribution in [0.3, 0.4) is 0 Å². The number of aryl methyl sites for hydroxylation is 2. The minimum Gasteiger partial charge on any atom is -0.313 e. The fraction of sp³-hybridized carbons (Fsp3) is 0.600. The van der Waals surface area contributed by atoms with Crippen molar-refractivity contribution in [3.8, 4) is 0 Å². The molecular weight excluding hydrogens is 213 g/mol. The Balaban J connectivity index is 3.11. The van der Waals surface area contributed by atoms with E-state index in [0.29, 0.717) is 5.92 Å². The molecule has 0 fully saturated rings. The Bertz CT molecular complexity index is 350. The highest BCUT2D eigenvalue weighted by atomic mass is 19.1. The highest BCUT2D eigenvalue weighted by Crippen LogP contribution is 2.30. The SMILES string of the molecule is CCCC(C)C(NC)c1c(C)cc(C)cc1F. The van der Waals surface area contributed by atoms with Crippen LogP contribution in [0, 0.1) is 25.6 Å². The van der Waals surface area contributed by atoms with E-state index in [0.717, 1.165) is 29.5 Å². The van der Waals surface area contributed by atoms with Gasteiger partial charge in [0.2, 0.25) is 0 Å². The van der Waals surface area contributed by atoms with E-state index in [4.69, 9.17) is 0 Å². The van der Waals surface area contributed by atoms with Gasteiger partial charge in [-0.05, 0) is 50.4 Å². The maximum Gasteiger partial charge on any atom is 0.128 e. The Hall–Kier alpha value is -0.890. The zero-order chi connectivity index (χ0) is 13.0. The van der Waals surface area contributed by atoms with E-state index in [2.05, 4.69) is 25.2 Å². The first-order valence-electron chi connectivity index (χ1n) is 6.45. The molecule has 0 spiro atoms. The van der Waals surface area contributed by atoms with Crippen LogP contribution in [-0.4, -0.2) is 7.05 Å². The number of benzene rings is 1. The van der Waals surface area contributed by atoms with Gasteiger partial charge in [0.1, 0.15) is 5.82 Å². The van der Waals surface area contributed by atoms with Gasteiger partial charge in [0, 0.05) is 11.6 Å². The Kier molecular flexibility index (Phi) is 5.13. The van der Waals surface area contributed by atoms with Crippen molar-refractivity contribution in [3.05, 3.63) is 34.6 Å². The van der Waals surface area contributed by atoms with Crippen molar-refractivity contribution in [2.75, 3.05) is 7.05 Å². The van der Waals surface area contributed by atoms with Gasteiger partial charge >= 0.3 is 0 Å². The van der Waals surface area contributed by atoms with Crippen molar-refractivity contribution in [1.82, 2.24) is 5.32 Å². The minimum absolute atomic E-state index is 0.0789. The van der Waals surface area contributed by atoms with Crippen LogP contribution >= 0.6 is 0 Å². The van der Waals surface area contributed by atoms with E-state index in [9.17, 15) is 4.39 Å². The standard InChI is InChI=1S/C15H24FN/c1-6-7-11(3)15(17-5)14-12(4)8-10(2)9-13(14)16/h8-9,11,15,17H,6-7H2,1-5H3. The monoisotopic (exact) mass is 237 g/mol. The van der Waals surface area contributed by atoms with Crippen molar-refractivity contribution in [2.24, 2.45) is 5.92 Å². The minimum atomic E-state index is -0.0789. The molecule has 2 atom stereocenters. The van der Waals surface area contributed by atoms with Gasteiger partial charge in [0.25, 0.3) is 0 Å². The number of hydrogen-bond donors (Lipinski definition) is 1. The predicted octanol–water partition coefficient (Wildman–Crippen LogP) is 4.14. The predicted molar refractivity (Wildman–Crippen MR) is 71.7 cm³/mol. The molecule has 1 nitrogen and oxygen atoms in total.